The van der Waals surface area contributed by atoms with Gasteiger partial charge in [-0.2, -0.15) is 0 Å². The molecule has 2 aromatic rings. The van der Waals surface area contributed by atoms with Crippen molar-refractivity contribution in [1.82, 2.24) is 15.2 Å². The summed E-state index contributed by atoms with van der Waals surface area (Å²) in [6, 6.07) is 6.18. The monoisotopic (exact) mass is 331 g/mol. The smallest absolute Gasteiger partial charge is 0.268 e. The number of aromatic nitrogens is 1. The van der Waals surface area contributed by atoms with Gasteiger partial charge in [0.05, 0.1) is 0 Å². The van der Waals surface area contributed by atoms with Crippen LogP contribution in [0, 0.1) is 11.7 Å². The molecule has 0 spiro atoms. The van der Waals surface area contributed by atoms with Gasteiger partial charge in [0.1, 0.15) is 11.5 Å². The highest BCUT2D eigenvalue weighted by Crippen LogP contribution is 2.19. The predicted molar refractivity (Wildman–Crippen MR) is 94.6 cm³/mol. The molecule has 2 heterocycles. The zero-order valence-electron chi connectivity index (χ0n) is 14.7. The molecule has 24 heavy (non-hydrogen) atoms. The van der Waals surface area contributed by atoms with Gasteiger partial charge in [0.2, 0.25) is 0 Å². The summed E-state index contributed by atoms with van der Waals surface area (Å²) in [7, 11) is 0. The molecule has 4 nitrogen and oxygen atoms in total. The van der Waals surface area contributed by atoms with E-state index in [0.717, 1.165) is 25.2 Å². The summed E-state index contributed by atoms with van der Waals surface area (Å²) in [4.78, 5) is 18.1. The fourth-order valence-electron chi connectivity index (χ4n) is 3.63. The summed E-state index contributed by atoms with van der Waals surface area (Å²) >= 11 is 0. The molecule has 1 aromatic heterocycles. The molecule has 1 aromatic carbocycles. The van der Waals surface area contributed by atoms with Crippen LogP contribution in [0.2, 0.25) is 0 Å². The van der Waals surface area contributed by atoms with E-state index in [1.165, 1.54) is 25.0 Å². The zero-order valence-corrected chi connectivity index (χ0v) is 14.7. The minimum Gasteiger partial charge on any atom is -0.351 e. The Bertz CT molecular complexity index is 737. The molecule has 1 aliphatic heterocycles. The largest absolute Gasteiger partial charge is 0.351 e. The van der Waals surface area contributed by atoms with E-state index >= 15 is 0 Å². The van der Waals surface area contributed by atoms with Crippen molar-refractivity contribution in [3.8, 4) is 0 Å². The number of carbonyl (C=O) groups excluding carboxylic acids is 1. The van der Waals surface area contributed by atoms with E-state index in [4.69, 9.17) is 0 Å². The van der Waals surface area contributed by atoms with Crippen molar-refractivity contribution < 1.29 is 9.18 Å². The first-order chi connectivity index (χ1) is 11.3. The number of piperidine rings is 1. The van der Waals surface area contributed by atoms with Crippen molar-refractivity contribution in [3.05, 3.63) is 35.8 Å². The SMILES string of the molecule is CC1CCCN(CC(C)(C)NC(=O)c2cc3cc(F)ccc3[nH]2)C1. The minimum absolute atomic E-state index is 0.151. The number of amides is 1. The van der Waals surface area contributed by atoms with Gasteiger partial charge < -0.3 is 15.2 Å². The van der Waals surface area contributed by atoms with Gasteiger partial charge in [-0.3, -0.25) is 4.79 Å². The number of H-pyrrole nitrogens is 1. The second kappa shape index (κ2) is 6.55. The first-order valence-corrected chi connectivity index (χ1v) is 8.65. The lowest BCUT2D eigenvalue weighted by Gasteiger charge is -2.37. The summed E-state index contributed by atoms with van der Waals surface area (Å²) in [6.07, 6.45) is 2.51. The van der Waals surface area contributed by atoms with E-state index in [9.17, 15) is 9.18 Å². The number of carbonyl (C=O) groups is 1. The zero-order chi connectivity index (χ0) is 17.3. The van der Waals surface area contributed by atoms with Gasteiger partial charge in [0.15, 0.2) is 0 Å². The molecule has 0 radical (unpaired) electrons. The first kappa shape index (κ1) is 17.0. The Labute approximate surface area is 142 Å². The lowest BCUT2D eigenvalue weighted by Crippen LogP contribution is -2.53. The molecule has 3 rings (SSSR count). The van der Waals surface area contributed by atoms with Gasteiger partial charge in [-0.1, -0.05) is 6.92 Å². The third kappa shape index (κ3) is 3.96. The van der Waals surface area contributed by atoms with Crippen LogP contribution >= 0.6 is 0 Å². The molecular formula is C19H26FN3O. The molecule has 1 saturated heterocycles. The van der Waals surface area contributed by atoms with E-state index in [1.54, 1.807) is 12.1 Å². The number of likely N-dealkylation sites (tertiary alicyclic amines) is 1. The number of hydrogen-bond donors (Lipinski definition) is 2. The second-order valence-electron chi connectivity index (χ2n) is 7.74. The molecule has 5 heteroatoms. The molecule has 130 valence electrons. The number of aromatic amines is 1. The maximum atomic E-state index is 13.3. The van der Waals surface area contributed by atoms with Crippen LogP contribution in [-0.2, 0) is 0 Å². The van der Waals surface area contributed by atoms with Crippen LogP contribution in [0.5, 0.6) is 0 Å². The number of fused-ring (bicyclic) bond motifs is 1. The molecule has 1 aliphatic rings. The summed E-state index contributed by atoms with van der Waals surface area (Å²) in [6.45, 7) is 9.39. The Morgan fingerprint density at radius 1 is 1.42 bits per heavy atom. The van der Waals surface area contributed by atoms with Crippen LogP contribution in [0.3, 0.4) is 0 Å². The molecular weight excluding hydrogens is 305 g/mol. The van der Waals surface area contributed by atoms with Crippen LogP contribution in [0.1, 0.15) is 44.1 Å². The van der Waals surface area contributed by atoms with E-state index in [-0.39, 0.29) is 17.3 Å². The maximum absolute atomic E-state index is 13.3. The predicted octanol–water partition coefficient (Wildman–Crippen LogP) is 3.55. The lowest BCUT2D eigenvalue weighted by molar-refractivity contribution is 0.0859. The molecule has 0 saturated carbocycles. The van der Waals surface area contributed by atoms with E-state index < -0.39 is 0 Å². The number of nitrogens with one attached hydrogen (secondary N) is 2. The minimum atomic E-state index is -0.323. The average molecular weight is 331 g/mol. The van der Waals surface area contributed by atoms with Crippen LogP contribution in [0.15, 0.2) is 24.3 Å². The van der Waals surface area contributed by atoms with Gasteiger partial charge >= 0.3 is 0 Å². The van der Waals surface area contributed by atoms with Crippen molar-refractivity contribution in [2.45, 2.75) is 39.2 Å². The first-order valence-electron chi connectivity index (χ1n) is 8.65. The number of halogens is 1. The van der Waals surface area contributed by atoms with Gasteiger partial charge in [-0.25, -0.2) is 4.39 Å². The summed E-state index contributed by atoms with van der Waals surface area (Å²) in [5.74, 6) is 0.267. The van der Waals surface area contributed by atoms with E-state index in [0.29, 0.717) is 17.0 Å². The summed E-state index contributed by atoms with van der Waals surface area (Å²) < 4.78 is 13.3. The third-order valence-corrected chi connectivity index (χ3v) is 4.64. The van der Waals surface area contributed by atoms with Gasteiger partial charge in [-0.15, -0.1) is 0 Å². The maximum Gasteiger partial charge on any atom is 0.268 e. The van der Waals surface area contributed by atoms with Crippen molar-refractivity contribution in [2.75, 3.05) is 19.6 Å². The number of benzene rings is 1. The fourth-order valence-corrected chi connectivity index (χ4v) is 3.63. The van der Waals surface area contributed by atoms with Crippen LogP contribution in [0.4, 0.5) is 4.39 Å². The molecule has 2 N–H and O–H groups in total. The molecule has 1 unspecified atom stereocenters. The Morgan fingerprint density at radius 2 is 2.21 bits per heavy atom. The Kier molecular flexibility index (Phi) is 4.63. The van der Waals surface area contributed by atoms with Crippen LogP contribution in [0.25, 0.3) is 10.9 Å². The summed E-state index contributed by atoms with van der Waals surface area (Å²) in [5, 5.41) is 3.82. The Hall–Kier alpha value is -1.88. The fraction of sp³-hybridized carbons (Fsp3) is 0.526. The number of nitrogens with zero attached hydrogens (tertiary/aromatic N) is 1. The molecule has 1 amide bonds. The highest BCUT2D eigenvalue weighted by Gasteiger charge is 2.27. The normalized spacial score (nSPS) is 19.6. The van der Waals surface area contributed by atoms with Crippen LogP contribution < -0.4 is 5.32 Å². The highest BCUT2D eigenvalue weighted by atomic mass is 19.1. The molecule has 1 atom stereocenters. The lowest BCUT2D eigenvalue weighted by atomic mass is 9.97. The number of hydrogen-bond acceptors (Lipinski definition) is 2. The van der Waals surface area contributed by atoms with E-state index in [1.807, 2.05) is 13.8 Å². The quantitative estimate of drug-likeness (QED) is 0.900. The van der Waals surface area contributed by atoms with E-state index in [2.05, 4.69) is 22.1 Å². The second-order valence-corrected chi connectivity index (χ2v) is 7.74. The molecule has 0 bridgehead atoms. The van der Waals surface area contributed by atoms with Crippen molar-refractivity contribution in [1.29, 1.82) is 0 Å². The average Bonchev–Trinajstić information content (AvgIpc) is 2.89. The Balaban J connectivity index is 1.67. The van der Waals surface area contributed by atoms with Gasteiger partial charge in [-0.05, 0) is 63.4 Å². The highest BCUT2D eigenvalue weighted by molar-refractivity contribution is 5.98. The third-order valence-electron chi connectivity index (χ3n) is 4.64. The number of rotatable bonds is 4. The van der Waals surface area contributed by atoms with Crippen molar-refractivity contribution >= 4 is 16.8 Å². The van der Waals surface area contributed by atoms with Crippen molar-refractivity contribution in [3.63, 3.8) is 0 Å². The van der Waals surface area contributed by atoms with Gasteiger partial charge in [0, 0.05) is 29.5 Å². The summed E-state index contributed by atoms with van der Waals surface area (Å²) in [5.41, 5.74) is 0.913. The van der Waals surface area contributed by atoms with Gasteiger partial charge in [0.25, 0.3) is 5.91 Å². The standard InChI is InChI=1S/C19H26FN3O/c1-13-5-4-8-23(11-13)12-19(2,3)22-18(24)17-10-14-9-15(20)6-7-16(14)21-17/h6-7,9-10,13,21H,4-5,8,11-12H2,1-3H3,(H,22,24). The van der Waals surface area contributed by atoms with Crippen LogP contribution in [-0.4, -0.2) is 41.0 Å². The molecule has 1 fully saturated rings. The van der Waals surface area contributed by atoms with Crippen molar-refractivity contribution in [2.24, 2.45) is 5.92 Å². The topological polar surface area (TPSA) is 48.1 Å². The molecule has 0 aliphatic carbocycles. The Morgan fingerprint density at radius 3 is 2.96 bits per heavy atom.